The Kier molecular flexibility index (Phi) is 4.25. The molecule has 2 heterocycles. The van der Waals surface area contributed by atoms with Gasteiger partial charge in [0.15, 0.2) is 12.3 Å². The molecule has 6 heteroatoms. The van der Waals surface area contributed by atoms with Gasteiger partial charge in [0.1, 0.15) is 11.3 Å². The second kappa shape index (κ2) is 6.74. The van der Waals surface area contributed by atoms with Crippen molar-refractivity contribution in [1.29, 1.82) is 0 Å². The SMILES string of the molecule is CC(Oc1ccc(C=C2c3ccccc3NC2O)c2cccnc12)C(N)=O. The van der Waals surface area contributed by atoms with Gasteiger partial charge >= 0.3 is 0 Å². The Bertz CT molecular complexity index is 1060. The van der Waals surface area contributed by atoms with Gasteiger partial charge < -0.3 is 20.9 Å². The Morgan fingerprint density at radius 3 is 2.89 bits per heavy atom. The van der Waals surface area contributed by atoms with E-state index in [9.17, 15) is 9.90 Å². The molecule has 1 aromatic heterocycles. The summed E-state index contributed by atoms with van der Waals surface area (Å²) >= 11 is 0. The number of anilines is 1. The van der Waals surface area contributed by atoms with E-state index in [0.717, 1.165) is 27.8 Å². The number of rotatable bonds is 4. The number of hydrogen-bond acceptors (Lipinski definition) is 5. The number of pyridine rings is 1. The zero-order chi connectivity index (χ0) is 19.0. The fourth-order valence-corrected chi connectivity index (χ4v) is 3.20. The van der Waals surface area contributed by atoms with Gasteiger partial charge in [-0.3, -0.25) is 9.78 Å². The van der Waals surface area contributed by atoms with Crippen molar-refractivity contribution in [2.75, 3.05) is 5.32 Å². The fourth-order valence-electron chi connectivity index (χ4n) is 3.20. The molecule has 2 atom stereocenters. The van der Waals surface area contributed by atoms with Crippen molar-refractivity contribution in [3.63, 3.8) is 0 Å². The highest BCUT2D eigenvalue weighted by Crippen LogP contribution is 2.37. The van der Waals surface area contributed by atoms with Gasteiger partial charge in [-0.1, -0.05) is 30.3 Å². The molecule has 0 radical (unpaired) electrons. The number of fused-ring (bicyclic) bond motifs is 2. The lowest BCUT2D eigenvalue weighted by molar-refractivity contribution is -0.123. The Morgan fingerprint density at radius 1 is 1.26 bits per heavy atom. The highest BCUT2D eigenvalue weighted by molar-refractivity contribution is 6.00. The molecule has 4 rings (SSSR count). The summed E-state index contributed by atoms with van der Waals surface area (Å²) in [6, 6.07) is 15.2. The van der Waals surface area contributed by atoms with Crippen LogP contribution >= 0.6 is 0 Å². The van der Waals surface area contributed by atoms with Crippen LogP contribution in [-0.2, 0) is 4.79 Å². The molecule has 1 amide bonds. The van der Waals surface area contributed by atoms with E-state index in [0.29, 0.717) is 11.3 Å². The summed E-state index contributed by atoms with van der Waals surface area (Å²) < 4.78 is 5.67. The molecule has 136 valence electrons. The van der Waals surface area contributed by atoms with E-state index in [1.54, 1.807) is 19.2 Å². The number of aliphatic hydroxyl groups excluding tert-OH is 1. The average molecular weight is 361 g/mol. The van der Waals surface area contributed by atoms with Gasteiger partial charge in [0.25, 0.3) is 5.91 Å². The van der Waals surface area contributed by atoms with E-state index in [1.807, 2.05) is 48.5 Å². The van der Waals surface area contributed by atoms with E-state index in [2.05, 4.69) is 10.3 Å². The van der Waals surface area contributed by atoms with E-state index in [4.69, 9.17) is 10.5 Å². The molecule has 0 saturated heterocycles. The molecule has 27 heavy (non-hydrogen) atoms. The molecular weight excluding hydrogens is 342 g/mol. The maximum atomic E-state index is 11.3. The molecule has 6 nitrogen and oxygen atoms in total. The molecular formula is C21H19N3O3. The summed E-state index contributed by atoms with van der Waals surface area (Å²) in [6.45, 7) is 1.60. The minimum absolute atomic E-state index is 0.490. The van der Waals surface area contributed by atoms with Crippen LogP contribution in [0.5, 0.6) is 5.75 Å². The molecule has 0 spiro atoms. The number of aromatic nitrogens is 1. The van der Waals surface area contributed by atoms with Crippen LogP contribution < -0.4 is 15.8 Å². The molecule has 0 bridgehead atoms. The summed E-state index contributed by atoms with van der Waals surface area (Å²) in [4.78, 5) is 15.7. The number of aliphatic hydroxyl groups is 1. The molecule has 2 aromatic carbocycles. The number of ether oxygens (including phenoxy) is 1. The molecule has 4 N–H and O–H groups in total. The maximum absolute atomic E-state index is 11.3. The van der Waals surface area contributed by atoms with E-state index in [-0.39, 0.29) is 0 Å². The monoisotopic (exact) mass is 361 g/mol. The zero-order valence-corrected chi connectivity index (χ0v) is 14.7. The average Bonchev–Trinajstić information content (AvgIpc) is 2.99. The molecule has 0 fully saturated rings. The van der Waals surface area contributed by atoms with Crippen molar-refractivity contribution < 1.29 is 14.6 Å². The minimum atomic E-state index is -0.778. The van der Waals surface area contributed by atoms with Crippen molar-refractivity contribution in [3.05, 3.63) is 65.9 Å². The number of hydrogen-bond donors (Lipinski definition) is 3. The van der Waals surface area contributed by atoms with Crippen LogP contribution in [0.2, 0.25) is 0 Å². The Labute approximate surface area is 156 Å². The minimum Gasteiger partial charge on any atom is -0.479 e. The van der Waals surface area contributed by atoms with Crippen LogP contribution in [0.4, 0.5) is 5.69 Å². The van der Waals surface area contributed by atoms with Gasteiger partial charge in [-0.05, 0) is 36.8 Å². The number of nitrogens with zero attached hydrogens (tertiary/aromatic N) is 1. The third-order valence-corrected chi connectivity index (χ3v) is 4.61. The number of nitrogens with two attached hydrogens (primary N) is 1. The summed E-state index contributed by atoms with van der Waals surface area (Å²) in [5.41, 5.74) is 9.47. The quantitative estimate of drug-likeness (QED) is 0.664. The highest BCUT2D eigenvalue weighted by atomic mass is 16.5. The molecule has 1 aliphatic rings. The summed E-state index contributed by atoms with van der Waals surface area (Å²) in [5, 5.41) is 14.3. The van der Waals surface area contributed by atoms with Gasteiger partial charge in [0.2, 0.25) is 0 Å². The number of benzene rings is 2. The van der Waals surface area contributed by atoms with Crippen molar-refractivity contribution in [2.24, 2.45) is 5.73 Å². The second-order valence-corrected chi connectivity index (χ2v) is 6.41. The lowest BCUT2D eigenvalue weighted by Gasteiger charge is -2.14. The van der Waals surface area contributed by atoms with Gasteiger partial charge in [-0.2, -0.15) is 0 Å². The lowest BCUT2D eigenvalue weighted by atomic mass is 10.0. The van der Waals surface area contributed by atoms with Crippen LogP contribution in [0.15, 0.2) is 54.7 Å². The Hall–Kier alpha value is -3.38. The fraction of sp³-hybridized carbons (Fsp3) is 0.143. The Balaban J connectivity index is 1.81. The van der Waals surface area contributed by atoms with E-state index in [1.165, 1.54) is 0 Å². The Morgan fingerprint density at radius 2 is 2.07 bits per heavy atom. The highest BCUT2D eigenvalue weighted by Gasteiger charge is 2.24. The van der Waals surface area contributed by atoms with Crippen molar-refractivity contribution in [3.8, 4) is 5.75 Å². The molecule has 0 aliphatic carbocycles. The summed E-state index contributed by atoms with van der Waals surface area (Å²) in [6.07, 6.45) is 2.07. The molecule has 3 aromatic rings. The summed E-state index contributed by atoms with van der Waals surface area (Å²) in [5.74, 6) is -0.0495. The van der Waals surface area contributed by atoms with Gasteiger partial charge in [-0.25, -0.2) is 0 Å². The number of carbonyl (C=O) groups excluding carboxylic acids is 1. The first-order valence-corrected chi connectivity index (χ1v) is 8.64. The predicted molar refractivity (Wildman–Crippen MR) is 105 cm³/mol. The molecule has 1 aliphatic heterocycles. The van der Waals surface area contributed by atoms with Crippen LogP contribution in [0.1, 0.15) is 18.1 Å². The summed E-state index contributed by atoms with van der Waals surface area (Å²) in [7, 11) is 0. The third-order valence-electron chi connectivity index (χ3n) is 4.61. The zero-order valence-electron chi connectivity index (χ0n) is 14.7. The van der Waals surface area contributed by atoms with E-state index >= 15 is 0 Å². The van der Waals surface area contributed by atoms with Crippen molar-refractivity contribution >= 4 is 34.1 Å². The smallest absolute Gasteiger partial charge is 0.258 e. The number of amides is 1. The van der Waals surface area contributed by atoms with Gasteiger partial charge in [-0.15, -0.1) is 0 Å². The van der Waals surface area contributed by atoms with Crippen LogP contribution in [0.25, 0.3) is 22.6 Å². The topological polar surface area (TPSA) is 97.5 Å². The number of carbonyl (C=O) groups is 1. The largest absolute Gasteiger partial charge is 0.479 e. The first-order valence-electron chi connectivity index (χ1n) is 8.64. The standard InChI is InChI=1S/C21H19N3O3/c1-12(20(22)25)27-18-9-8-13(14-6-4-10-23-19(14)18)11-16-15-5-2-3-7-17(15)24-21(16)26/h2-12,21,24,26H,1H3,(H2,22,25). The maximum Gasteiger partial charge on any atom is 0.258 e. The molecule has 0 saturated carbocycles. The van der Waals surface area contributed by atoms with Gasteiger partial charge in [0, 0.05) is 28.4 Å². The molecule has 2 unspecified atom stereocenters. The second-order valence-electron chi connectivity index (χ2n) is 6.41. The van der Waals surface area contributed by atoms with Crippen LogP contribution in [0, 0.1) is 0 Å². The number of primary amides is 1. The lowest BCUT2D eigenvalue weighted by Crippen LogP contribution is -2.30. The number of para-hydroxylation sites is 1. The third kappa shape index (κ3) is 3.11. The van der Waals surface area contributed by atoms with Gasteiger partial charge in [0.05, 0.1) is 0 Å². The van der Waals surface area contributed by atoms with Crippen LogP contribution in [0.3, 0.4) is 0 Å². The van der Waals surface area contributed by atoms with Crippen molar-refractivity contribution in [1.82, 2.24) is 4.98 Å². The number of nitrogens with one attached hydrogen (secondary N) is 1. The van der Waals surface area contributed by atoms with Crippen molar-refractivity contribution in [2.45, 2.75) is 19.3 Å². The first-order chi connectivity index (χ1) is 13.0. The predicted octanol–water partition coefficient (Wildman–Crippen LogP) is 2.77. The van der Waals surface area contributed by atoms with E-state index < -0.39 is 18.2 Å². The first kappa shape index (κ1) is 17.1. The van der Waals surface area contributed by atoms with Crippen LogP contribution in [-0.4, -0.2) is 28.3 Å². The normalized spacial score (nSPS) is 18.1.